The molecule has 0 spiro atoms. The van der Waals surface area contributed by atoms with Gasteiger partial charge in [0.25, 0.3) is 0 Å². The SMILES string of the molecule is C=C(N[PH](C)(CC)c1cc(CC)ccc1O)C1=Cc2ccc(N(C)CC)cc2C1. The van der Waals surface area contributed by atoms with E-state index in [4.69, 9.17) is 0 Å². The number of rotatable bonds is 8. The predicted molar refractivity (Wildman–Crippen MR) is 131 cm³/mol. The van der Waals surface area contributed by atoms with Crippen LogP contribution >= 0.6 is 7.41 Å². The molecule has 2 N–H and O–H groups in total. The van der Waals surface area contributed by atoms with E-state index in [1.54, 1.807) is 0 Å². The number of aromatic hydroxyl groups is 1. The number of allylic oxidation sites excluding steroid dienone is 1. The van der Waals surface area contributed by atoms with Gasteiger partial charge in [0.2, 0.25) is 0 Å². The molecule has 0 radical (unpaired) electrons. The number of hydrogen-bond donors (Lipinski definition) is 2. The van der Waals surface area contributed by atoms with E-state index < -0.39 is 7.41 Å². The van der Waals surface area contributed by atoms with E-state index in [0.717, 1.165) is 36.5 Å². The number of fused-ring (bicyclic) bond motifs is 1. The molecule has 0 heterocycles. The summed E-state index contributed by atoms with van der Waals surface area (Å²) in [5.41, 5.74) is 7.40. The van der Waals surface area contributed by atoms with Crippen LogP contribution in [0.15, 0.2) is 54.2 Å². The van der Waals surface area contributed by atoms with E-state index in [1.165, 1.54) is 28.0 Å². The molecule has 3 rings (SSSR count). The molecule has 3 nitrogen and oxygen atoms in total. The Kier molecular flexibility index (Phi) is 6.39. The van der Waals surface area contributed by atoms with Crippen LogP contribution in [-0.4, -0.2) is 31.5 Å². The minimum absolute atomic E-state index is 0.398. The van der Waals surface area contributed by atoms with Gasteiger partial charge in [0, 0.05) is 0 Å². The van der Waals surface area contributed by atoms with Gasteiger partial charge >= 0.3 is 176 Å². The van der Waals surface area contributed by atoms with Gasteiger partial charge in [0.15, 0.2) is 0 Å². The molecule has 0 amide bonds. The molecule has 2 aromatic carbocycles. The molecule has 0 saturated heterocycles. The number of nitrogens with one attached hydrogen (secondary N) is 1. The molecule has 1 aliphatic rings. The van der Waals surface area contributed by atoms with Crippen LogP contribution in [-0.2, 0) is 12.8 Å². The Morgan fingerprint density at radius 3 is 2.59 bits per heavy atom. The first-order valence-electron chi connectivity index (χ1n) is 10.7. The molecule has 0 aliphatic heterocycles. The topological polar surface area (TPSA) is 35.5 Å². The van der Waals surface area contributed by atoms with Crippen LogP contribution < -0.4 is 15.3 Å². The summed E-state index contributed by atoms with van der Waals surface area (Å²) in [6.07, 6.45) is 5.12. The monoisotopic (exact) mass is 410 g/mol. The van der Waals surface area contributed by atoms with Crippen molar-refractivity contribution in [2.75, 3.05) is 31.3 Å². The number of phenolic OH excluding ortho intramolecular Hbond substituents is 1. The van der Waals surface area contributed by atoms with Gasteiger partial charge in [-0.05, 0) is 0 Å². The molecule has 4 heteroatoms. The number of anilines is 1. The fourth-order valence-electron chi connectivity index (χ4n) is 3.95. The molecular weight excluding hydrogens is 375 g/mol. The quantitative estimate of drug-likeness (QED) is 0.595. The average Bonchev–Trinajstić information content (AvgIpc) is 3.17. The molecule has 0 atom stereocenters. The molecule has 2 aromatic rings. The Bertz CT molecular complexity index is 950. The summed E-state index contributed by atoms with van der Waals surface area (Å²) < 4.78 is 0. The first-order chi connectivity index (χ1) is 13.8. The Morgan fingerprint density at radius 1 is 1.17 bits per heavy atom. The van der Waals surface area contributed by atoms with Crippen LogP contribution in [0.3, 0.4) is 0 Å². The van der Waals surface area contributed by atoms with E-state index in [0.29, 0.717) is 5.75 Å². The van der Waals surface area contributed by atoms with E-state index >= 15 is 0 Å². The fourth-order valence-corrected chi connectivity index (χ4v) is 6.62. The van der Waals surface area contributed by atoms with E-state index in [9.17, 15) is 5.11 Å². The van der Waals surface area contributed by atoms with Gasteiger partial charge in [0.1, 0.15) is 0 Å². The Morgan fingerprint density at radius 2 is 1.93 bits per heavy atom. The van der Waals surface area contributed by atoms with Crippen molar-refractivity contribution < 1.29 is 5.11 Å². The van der Waals surface area contributed by atoms with Crippen molar-refractivity contribution in [3.05, 3.63) is 70.9 Å². The van der Waals surface area contributed by atoms with Crippen molar-refractivity contribution in [3.8, 4) is 5.75 Å². The average molecular weight is 411 g/mol. The standard InChI is InChI=1S/C25H35N2OP/c1-7-19-10-13-24(28)25(14-19)29(6,9-3)26-18(4)21-15-20-11-12-23(27(5)8-2)17-22(20)16-21/h10-15,17,26,28-29H,4,7-9,16H2,1-3,5-6H3. The maximum atomic E-state index is 10.6. The first-order valence-corrected chi connectivity index (χ1v) is 13.4. The summed E-state index contributed by atoms with van der Waals surface area (Å²) in [6, 6.07) is 12.7. The zero-order chi connectivity index (χ0) is 21.2. The van der Waals surface area contributed by atoms with Crippen molar-refractivity contribution in [1.29, 1.82) is 0 Å². The summed E-state index contributed by atoms with van der Waals surface area (Å²) in [5, 5.41) is 15.4. The van der Waals surface area contributed by atoms with Crippen molar-refractivity contribution in [1.82, 2.24) is 5.09 Å². The van der Waals surface area contributed by atoms with Crippen molar-refractivity contribution in [2.45, 2.75) is 33.6 Å². The predicted octanol–water partition coefficient (Wildman–Crippen LogP) is 5.09. The van der Waals surface area contributed by atoms with Gasteiger partial charge in [-0.15, -0.1) is 0 Å². The number of aryl methyl sites for hydroxylation is 1. The van der Waals surface area contributed by atoms with E-state index in [2.05, 4.69) is 81.4 Å². The molecule has 0 bridgehead atoms. The summed E-state index contributed by atoms with van der Waals surface area (Å²) in [7, 11) is 0.0168. The second-order valence-corrected chi connectivity index (χ2v) is 12.4. The molecule has 0 unspecified atom stereocenters. The van der Waals surface area contributed by atoms with Crippen molar-refractivity contribution >= 4 is 24.5 Å². The van der Waals surface area contributed by atoms with E-state index in [1.807, 2.05) is 12.1 Å². The van der Waals surface area contributed by atoms with Gasteiger partial charge in [-0.2, -0.15) is 0 Å². The summed E-state index contributed by atoms with van der Waals surface area (Å²) in [4.78, 5) is 2.26. The third-order valence-corrected chi connectivity index (χ3v) is 10.2. The van der Waals surface area contributed by atoms with Gasteiger partial charge in [-0.25, -0.2) is 0 Å². The zero-order valence-electron chi connectivity index (χ0n) is 18.5. The normalized spacial score (nSPS) is 13.6. The van der Waals surface area contributed by atoms with Crippen LogP contribution in [0.4, 0.5) is 5.69 Å². The van der Waals surface area contributed by atoms with Crippen molar-refractivity contribution in [2.24, 2.45) is 0 Å². The maximum absolute atomic E-state index is 10.6. The molecule has 0 fully saturated rings. The third-order valence-electron chi connectivity index (χ3n) is 6.34. The Labute approximate surface area is 176 Å². The summed E-state index contributed by atoms with van der Waals surface area (Å²) in [5.74, 6) is 0.398. The first kappa shape index (κ1) is 21.5. The van der Waals surface area contributed by atoms with Gasteiger partial charge in [-0.1, -0.05) is 0 Å². The summed E-state index contributed by atoms with van der Waals surface area (Å²) >= 11 is 0. The van der Waals surface area contributed by atoms with Crippen LogP contribution in [0.1, 0.15) is 37.5 Å². The Balaban J connectivity index is 1.82. The second kappa shape index (κ2) is 8.63. The number of benzene rings is 2. The summed E-state index contributed by atoms with van der Waals surface area (Å²) in [6.45, 7) is 14.2. The second-order valence-electron chi connectivity index (χ2n) is 8.24. The zero-order valence-corrected chi connectivity index (χ0v) is 19.5. The minimum atomic E-state index is -2.11. The number of hydrogen-bond acceptors (Lipinski definition) is 3. The Hall–Kier alpha value is -2.25. The molecule has 1 aliphatic carbocycles. The van der Waals surface area contributed by atoms with Crippen LogP contribution in [0.5, 0.6) is 5.75 Å². The van der Waals surface area contributed by atoms with Crippen LogP contribution in [0.2, 0.25) is 0 Å². The molecule has 29 heavy (non-hydrogen) atoms. The van der Waals surface area contributed by atoms with Gasteiger partial charge < -0.3 is 0 Å². The molecule has 0 aromatic heterocycles. The number of nitrogens with zero attached hydrogens (tertiary/aromatic N) is 1. The molecular formula is C25H35N2OP. The van der Waals surface area contributed by atoms with Crippen molar-refractivity contribution in [3.63, 3.8) is 0 Å². The van der Waals surface area contributed by atoms with Gasteiger partial charge in [0.05, 0.1) is 0 Å². The van der Waals surface area contributed by atoms with E-state index in [-0.39, 0.29) is 0 Å². The third kappa shape index (κ3) is 4.36. The molecule has 156 valence electrons. The van der Waals surface area contributed by atoms with Crippen LogP contribution in [0.25, 0.3) is 6.08 Å². The van der Waals surface area contributed by atoms with Gasteiger partial charge in [-0.3, -0.25) is 0 Å². The molecule has 0 saturated carbocycles. The fraction of sp³-hybridized carbons (Fsp3) is 0.360. The van der Waals surface area contributed by atoms with Crippen LogP contribution in [0, 0.1) is 0 Å². The number of phenols is 1.